The van der Waals surface area contributed by atoms with E-state index in [2.05, 4.69) is 0 Å². The standard InChI is InChI=1S/C35H43NO7/c1-25-15-14-18-27(21-25)29-23-31(43-30(29)19-12-7-5-3-4-6-8-13-20-37)32(38)33(41-2)34(39)36-28(24-42-35(36)40)22-26-16-10-9-11-17-26/h9-11,14-18,21,23,28,33,37H,3-8,12-13,19-20,22,24H2,1-2H3/t28-,33-/m0/s1. The summed E-state index contributed by atoms with van der Waals surface area (Å²) < 4.78 is 16.8. The van der Waals surface area contributed by atoms with E-state index in [1.807, 2.05) is 61.5 Å². The number of amides is 2. The maximum absolute atomic E-state index is 13.7. The van der Waals surface area contributed by atoms with Gasteiger partial charge in [-0.15, -0.1) is 0 Å². The topological polar surface area (TPSA) is 106 Å². The summed E-state index contributed by atoms with van der Waals surface area (Å²) in [5, 5.41) is 8.92. The zero-order chi connectivity index (χ0) is 30.6. The number of ether oxygens (including phenoxy) is 2. The second-order valence-corrected chi connectivity index (χ2v) is 11.2. The first kappa shape index (κ1) is 32.2. The Kier molecular flexibility index (Phi) is 12.1. The summed E-state index contributed by atoms with van der Waals surface area (Å²) in [7, 11) is 1.28. The van der Waals surface area contributed by atoms with Crippen molar-refractivity contribution >= 4 is 17.8 Å². The molecule has 43 heavy (non-hydrogen) atoms. The van der Waals surface area contributed by atoms with E-state index in [-0.39, 0.29) is 19.0 Å². The van der Waals surface area contributed by atoms with Crippen molar-refractivity contribution in [3.05, 3.63) is 83.3 Å². The van der Waals surface area contributed by atoms with E-state index in [1.165, 1.54) is 7.11 Å². The Morgan fingerprint density at radius 1 is 0.953 bits per heavy atom. The van der Waals surface area contributed by atoms with Crippen LogP contribution in [0.3, 0.4) is 0 Å². The van der Waals surface area contributed by atoms with Crippen molar-refractivity contribution in [2.24, 2.45) is 0 Å². The summed E-state index contributed by atoms with van der Waals surface area (Å²) >= 11 is 0. The number of aryl methyl sites for hydroxylation is 2. The van der Waals surface area contributed by atoms with Crippen molar-refractivity contribution in [3.63, 3.8) is 0 Å². The molecule has 2 amide bonds. The summed E-state index contributed by atoms with van der Waals surface area (Å²) in [6.45, 7) is 2.32. The fraction of sp³-hybridized carbons (Fsp3) is 0.457. The van der Waals surface area contributed by atoms with Gasteiger partial charge in [0.15, 0.2) is 5.76 Å². The first-order valence-corrected chi connectivity index (χ1v) is 15.3. The Labute approximate surface area is 254 Å². The number of nitrogens with zero attached hydrogens (tertiary/aromatic N) is 1. The third-order valence-corrected chi connectivity index (χ3v) is 7.90. The number of Topliss-reactive ketones (excluding diaryl/α,β-unsaturated/α-hetero) is 1. The molecule has 0 bridgehead atoms. The van der Waals surface area contributed by atoms with Crippen molar-refractivity contribution in [1.29, 1.82) is 0 Å². The molecule has 0 aliphatic carbocycles. The average molecular weight is 590 g/mol. The predicted octanol–water partition coefficient (Wildman–Crippen LogP) is 6.70. The average Bonchev–Trinajstić information content (AvgIpc) is 3.60. The fourth-order valence-corrected chi connectivity index (χ4v) is 5.59. The normalized spacial score (nSPS) is 15.5. The van der Waals surface area contributed by atoms with Gasteiger partial charge in [-0.1, -0.05) is 98.7 Å². The van der Waals surface area contributed by atoms with E-state index in [0.717, 1.165) is 78.5 Å². The van der Waals surface area contributed by atoms with Gasteiger partial charge in [0.1, 0.15) is 12.4 Å². The summed E-state index contributed by atoms with van der Waals surface area (Å²) in [6, 6.07) is 18.7. The number of cyclic esters (lactones) is 1. The van der Waals surface area contributed by atoms with Crippen LogP contribution in [0.25, 0.3) is 11.1 Å². The number of benzene rings is 2. The summed E-state index contributed by atoms with van der Waals surface area (Å²) in [6.07, 6.45) is 7.19. The number of hydrogen-bond acceptors (Lipinski definition) is 7. The maximum Gasteiger partial charge on any atom is 0.417 e. The van der Waals surface area contributed by atoms with Crippen LogP contribution in [0.5, 0.6) is 0 Å². The molecule has 0 spiro atoms. The zero-order valence-corrected chi connectivity index (χ0v) is 25.3. The SMILES string of the molecule is CO[C@@H](C(=O)c1cc(-c2cccc(C)c2)c(CCCCCCCCCCO)o1)C(=O)N1C(=O)OC[C@@H]1Cc1ccccc1. The second-order valence-electron chi connectivity index (χ2n) is 11.2. The quantitative estimate of drug-likeness (QED) is 0.106. The molecule has 230 valence electrons. The zero-order valence-electron chi connectivity index (χ0n) is 25.3. The van der Waals surface area contributed by atoms with Crippen LogP contribution >= 0.6 is 0 Å². The number of carbonyl (C=O) groups excluding carboxylic acids is 3. The molecular formula is C35H43NO7. The highest BCUT2D eigenvalue weighted by Crippen LogP contribution is 2.31. The number of unbranched alkanes of at least 4 members (excludes halogenated alkanes) is 7. The number of imide groups is 1. The molecule has 1 aliphatic heterocycles. The number of furan rings is 1. The Morgan fingerprint density at radius 2 is 1.65 bits per heavy atom. The van der Waals surface area contributed by atoms with Crippen LogP contribution < -0.4 is 0 Å². The van der Waals surface area contributed by atoms with Gasteiger partial charge in [0.2, 0.25) is 11.9 Å². The van der Waals surface area contributed by atoms with E-state index in [4.69, 9.17) is 19.0 Å². The van der Waals surface area contributed by atoms with Gasteiger partial charge in [-0.25, -0.2) is 9.69 Å². The van der Waals surface area contributed by atoms with E-state index >= 15 is 0 Å². The van der Waals surface area contributed by atoms with Gasteiger partial charge in [-0.2, -0.15) is 0 Å². The molecule has 0 unspecified atom stereocenters. The Bertz CT molecular complexity index is 1350. The maximum atomic E-state index is 13.7. The smallest absolute Gasteiger partial charge is 0.417 e. The van der Waals surface area contributed by atoms with Crippen LogP contribution in [0.4, 0.5) is 4.79 Å². The molecule has 2 aromatic carbocycles. The van der Waals surface area contributed by atoms with Crippen LogP contribution in [0.15, 0.2) is 65.1 Å². The lowest BCUT2D eigenvalue weighted by atomic mass is 10.00. The summed E-state index contributed by atoms with van der Waals surface area (Å²) in [5.41, 5.74) is 3.79. The molecule has 1 aromatic heterocycles. The lowest BCUT2D eigenvalue weighted by molar-refractivity contribution is -0.137. The Balaban J connectivity index is 1.47. The molecule has 2 heterocycles. The predicted molar refractivity (Wildman–Crippen MR) is 164 cm³/mol. The molecule has 8 heteroatoms. The van der Waals surface area contributed by atoms with Crippen LogP contribution in [0, 0.1) is 6.92 Å². The van der Waals surface area contributed by atoms with Crippen molar-refractivity contribution in [1.82, 2.24) is 4.90 Å². The molecule has 1 fully saturated rings. The highest BCUT2D eigenvalue weighted by Gasteiger charge is 2.44. The number of carbonyl (C=O) groups is 3. The molecule has 0 radical (unpaired) electrons. The molecule has 1 saturated heterocycles. The molecule has 4 rings (SSSR count). The molecule has 1 aliphatic rings. The number of methoxy groups -OCH3 is 1. The number of aliphatic hydroxyl groups excluding tert-OH is 1. The molecule has 0 saturated carbocycles. The first-order valence-electron chi connectivity index (χ1n) is 15.3. The van der Waals surface area contributed by atoms with Crippen molar-refractivity contribution in [2.45, 2.75) is 83.3 Å². The third-order valence-electron chi connectivity index (χ3n) is 7.90. The molecule has 8 nitrogen and oxygen atoms in total. The van der Waals surface area contributed by atoms with Crippen molar-refractivity contribution in [2.75, 3.05) is 20.3 Å². The molecular weight excluding hydrogens is 546 g/mol. The number of rotatable bonds is 17. The van der Waals surface area contributed by atoms with E-state index < -0.39 is 29.9 Å². The second kappa shape index (κ2) is 16.2. The van der Waals surface area contributed by atoms with Gasteiger partial charge in [-0.3, -0.25) is 9.59 Å². The molecule has 3 aromatic rings. The minimum Gasteiger partial charge on any atom is -0.457 e. The number of hydrogen-bond donors (Lipinski definition) is 1. The van der Waals surface area contributed by atoms with Crippen LogP contribution in [-0.4, -0.2) is 60.3 Å². The fourth-order valence-electron chi connectivity index (χ4n) is 5.59. The van der Waals surface area contributed by atoms with Gasteiger partial charge >= 0.3 is 6.09 Å². The van der Waals surface area contributed by atoms with Crippen LogP contribution in [0.2, 0.25) is 0 Å². The minimum atomic E-state index is -1.54. The Hall–Kier alpha value is -3.75. The van der Waals surface area contributed by atoms with Gasteiger partial charge < -0.3 is 19.0 Å². The third kappa shape index (κ3) is 8.65. The number of ketones is 1. The molecule has 2 atom stereocenters. The van der Waals surface area contributed by atoms with E-state index in [1.54, 1.807) is 6.07 Å². The highest BCUT2D eigenvalue weighted by atomic mass is 16.6. The molecule has 1 N–H and O–H groups in total. The lowest BCUT2D eigenvalue weighted by Crippen LogP contribution is -2.48. The summed E-state index contributed by atoms with van der Waals surface area (Å²) in [5.74, 6) is -0.664. The van der Waals surface area contributed by atoms with Gasteiger partial charge in [-0.05, 0) is 43.4 Å². The largest absolute Gasteiger partial charge is 0.457 e. The van der Waals surface area contributed by atoms with E-state index in [9.17, 15) is 14.4 Å². The van der Waals surface area contributed by atoms with Crippen LogP contribution in [0.1, 0.15) is 78.8 Å². The first-order chi connectivity index (χ1) is 20.9. The highest BCUT2D eigenvalue weighted by molar-refractivity contribution is 6.14. The monoisotopic (exact) mass is 589 g/mol. The van der Waals surface area contributed by atoms with Gasteiger partial charge in [0.05, 0.1) is 6.04 Å². The number of aliphatic hydroxyl groups is 1. The minimum absolute atomic E-state index is 0.0303. The summed E-state index contributed by atoms with van der Waals surface area (Å²) in [4.78, 5) is 40.9. The van der Waals surface area contributed by atoms with Gasteiger partial charge in [0.25, 0.3) is 5.91 Å². The Morgan fingerprint density at radius 3 is 2.33 bits per heavy atom. The van der Waals surface area contributed by atoms with Gasteiger partial charge in [0, 0.05) is 25.7 Å². The van der Waals surface area contributed by atoms with Crippen molar-refractivity contribution < 1.29 is 33.4 Å². The van der Waals surface area contributed by atoms with E-state index in [0.29, 0.717) is 18.6 Å². The van der Waals surface area contributed by atoms with Crippen molar-refractivity contribution in [3.8, 4) is 11.1 Å². The lowest BCUT2D eigenvalue weighted by Gasteiger charge is -2.23. The van der Waals surface area contributed by atoms with Crippen LogP contribution in [-0.2, 0) is 27.1 Å².